The molecule has 0 spiro atoms. The highest BCUT2D eigenvalue weighted by Crippen LogP contribution is 2.41. The molecule has 0 amide bonds. The second-order valence-electron chi connectivity index (χ2n) is 7.33. The lowest BCUT2D eigenvalue weighted by molar-refractivity contribution is -0.160. The van der Waals surface area contributed by atoms with Crippen LogP contribution in [0.5, 0.6) is 0 Å². The molecule has 4 rings (SSSR count). The zero-order valence-electron chi connectivity index (χ0n) is 13.3. The summed E-state index contributed by atoms with van der Waals surface area (Å²) in [7, 11) is 0. The van der Waals surface area contributed by atoms with E-state index >= 15 is 0 Å². The molecule has 0 aromatic heterocycles. The van der Waals surface area contributed by atoms with Crippen LogP contribution in [0.1, 0.15) is 44.9 Å². The first-order valence-electron chi connectivity index (χ1n) is 8.79. The van der Waals surface area contributed by atoms with E-state index in [0.717, 1.165) is 38.5 Å². The molecule has 0 aromatic carbocycles. The molecule has 6 heteroatoms. The van der Waals surface area contributed by atoms with Crippen LogP contribution in [0.3, 0.4) is 0 Å². The summed E-state index contributed by atoms with van der Waals surface area (Å²) < 4.78 is 21.2. The van der Waals surface area contributed by atoms with Gasteiger partial charge in [0.2, 0.25) is 0 Å². The minimum absolute atomic E-state index is 0.274. The molecule has 2 heterocycles. The third-order valence-corrected chi connectivity index (χ3v) is 5.51. The fourth-order valence-corrected chi connectivity index (χ4v) is 4.00. The van der Waals surface area contributed by atoms with Gasteiger partial charge in [0.15, 0.2) is 6.61 Å². The van der Waals surface area contributed by atoms with E-state index in [4.69, 9.17) is 18.9 Å². The number of carbonyl (C=O) groups excluding carboxylic acids is 2. The minimum atomic E-state index is -0.452. The highest BCUT2D eigenvalue weighted by molar-refractivity contribution is 5.76. The van der Waals surface area contributed by atoms with Crippen molar-refractivity contribution in [2.45, 2.75) is 69.4 Å². The normalized spacial score (nSPS) is 40.5. The monoisotopic (exact) mass is 324 g/mol. The van der Waals surface area contributed by atoms with E-state index in [1.54, 1.807) is 0 Å². The van der Waals surface area contributed by atoms with Gasteiger partial charge < -0.3 is 18.9 Å². The number of fused-ring (bicyclic) bond motifs is 2. The lowest BCUT2D eigenvalue weighted by Gasteiger charge is -2.19. The first kappa shape index (κ1) is 15.4. The number of ether oxygens (including phenoxy) is 4. The highest BCUT2D eigenvalue weighted by Gasteiger charge is 2.45. The van der Waals surface area contributed by atoms with Crippen molar-refractivity contribution in [2.24, 2.45) is 11.8 Å². The quantitative estimate of drug-likeness (QED) is 0.545. The smallest absolute Gasteiger partial charge is 0.344 e. The van der Waals surface area contributed by atoms with Gasteiger partial charge in [-0.2, -0.15) is 0 Å². The molecule has 23 heavy (non-hydrogen) atoms. The predicted molar refractivity (Wildman–Crippen MR) is 78.5 cm³/mol. The molecule has 2 saturated carbocycles. The van der Waals surface area contributed by atoms with Gasteiger partial charge in [0, 0.05) is 6.42 Å². The van der Waals surface area contributed by atoms with Crippen LogP contribution >= 0.6 is 0 Å². The molecule has 2 saturated heterocycles. The van der Waals surface area contributed by atoms with Crippen molar-refractivity contribution in [3.63, 3.8) is 0 Å². The SMILES string of the molecule is O=C(COC(=O)CC1CCC2OC2C1)OCC1CCC2OC2C1. The van der Waals surface area contributed by atoms with Crippen LogP contribution in [0.2, 0.25) is 0 Å². The topological polar surface area (TPSA) is 77.7 Å². The Morgan fingerprint density at radius 2 is 1.43 bits per heavy atom. The fourth-order valence-electron chi connectivity index (χ4n) is 4.00. The Labute approximate surface area is 135 Å². The van der Waals surface area contributed by atoms with Crippen molar-refractivity contribution >= 4 is 11.9 Å². The third kappa shape index (κ3) is 4.04. The molecular formula is C17H24O6. The molecule has 2 aliphatic heterocycles. The number of rotatable bonds is 6. The standard InChI is InChI=1S/C17H24O6/c18-16(7-10-1-3-12-14(5-10)22-12)21-9-17(19)20-8-11-2-4-13-15(6-11)23-13/h10-15H,1-9H2. The van der Waals surface area contributed by atoms with Gasteiger partial charge in [-0.15, -0.1) is 0 Å². The van der Waals surface area contributed by atoms with Gasteiger partial charge in [0.05, 0.1) is 31.0 Å². The molecule has 0 bridgehead atoms. The van der Waals surface area contributed by atoms with Crippen LogP contribution in [0.15, 0.2) is 0 Å². The van der Waals surface area contributed by atoms with Gasteiger partial charge in [-0.1, -0.05) is 0 Å². The molecule has 6 nitrogen and oxygen atoms in total. The van der Waals surface area contributed by atoms with Crippen LogP contribution in [-0.4, -0.2) is 49.6 Å². The van der Waals surface area contributed by atoms with E-state index in [-0.39, 0.29) is 12.6 Å². The zero-order valence-corrected chi connectivity index (χ0v) is 13.3. The summed E-state index contributed by atoms with van der Waals surface area (Å²) in [5, 5.41) is 0. The molecule has 6 unspecified atom stereocenters. The molecule has 128 valence electrons. The van der Waals surface area contributed by atoms with E-state index < -0.39 is 5.97 Å². The number of epoxide rings is 2. The number of carbonyl (C=O) groups is 2. The van der Waals surface area contributed by atoms with Gasteiger partial charge in [-0.25, -0.2) is 4.79 Å². The maximum Gasteiger partial charge on any atom is 0.344 e. The Morgan fingerprint density at radius 1 is 0.783 bits per heavy atom. The second-order valence-corrected chi connectivity index (χ2v) is 7.33. The van der Waals surface area contributed by atoms with Crippen molar-refractivity contribution in [3.8, 4) is 0 Å². The molecule has 2 aliphatic carbocycles. The Bertz CT molecular complexity index is 478. The Balaban J connectivity index is 1.09. The summed E-state index contributed by atoms with van der Waals surface area (Å²) in [4.78, 5) is 23.5. The van der Waals surface area contributed by atoms with Crippen LogP contribution in [0, 0.1) is 11.8 Å². The molecular weight excluding hydrogens is 300 g/mol. The Hall–Kier alpha value is -1.14. The van der Waals surface area contributed by atoms with Crippen molar-refractivity contribution in [1.29, 1.82) is 0 Å². The van der Waals surface area contributed by atoms with Crippen LogP contribution < -0.4 is 0 Å². The van der Waals surface area contributed by atoms with Gasteiger partial charge in [0.25, 0.3) is 0 Å². The second kappa shape index (κ2) is 6.40. The van der Waals surface area contributed by atoms with E-state index in [9.17, 15) is 9.59 Å². The summed E-state index contributed by atoms with van der Waals surface area (Å²) in [5.74, 6) is -0.0486. The van der Waals surface area contributed by atoms with Crippen molar-refractivity contribution in [1.82, 2.24) is 0 Å². The maximum absolute atomic E-state index is 11.8. The predicted octanol–water partition coefficient (Wildman–Crippen LogP) is 1.60. The molecule has 0 N–H and O–H groups in total. The van der Waals surface area contributed by atoms with Gasteiger partial charge >= 0.3 is 11.9 Å². The number of hydrogen-bond donors (Lipinski definition) is 0. The van der Waals surface area contributed by atoms with Gasteiger partial charge in [-0.3, -0.25) is 4.79 Å². The summed E-state index contributed by atoms with van der Waals surface area (Å²) in [6.07, 6.45) is 8.09. The summed E-state index contributed by atoms with van der Waals surface area (Å²) in [6, 6.07) is 0. The van der Waals surface area contributed by atoms with E-state index in [1.807, 2.05) is 0 Å². The van der Waals surface area contributed by atoms with Crippen molar-refractivity contribution < 1.29 is 28.5 Å². The number of esters is 2. The lowest BCUT2D eigenvalue weighted by atomic mass is 9.87. The lowest BCUT2D eigenvalue weighted by Crippen LogP contribution is -2.24. The molecule has 4 aliphatic rings. The van der Waals surface area contributed by atoms with E-state index in [2.05, 4.69) is 0 Å². The van der Waals surface area contributed by atoms with Crippen LogP contribution in [0.25, 0.3) is 0 Å². The maximum atomic E-state index is 11.8. The van der Waals surface area contributed by atoms with Gasteiger partial charge in [0.1, 0.15) is 0 Å². The first-order chi connectivity index (χ1) is 11.2. The van der Waals surface area contributed by atoms with Gasteiger partial charge in [-0.05, 0) is 50.4 Å². The number of hydrogen-bond acceptors (Lipinski definition) is 6. The molecule has 6 atom stereocenters. The zero-order chi connectivity index (χ0) is 15.8. The Morgan fingerprint density at radius 3 is 2.13 bits per heavy atom. The van der Waals surface area contributed by atoms with Crippen molar-refractivity contribution in [2.75, 3.05) is 13.2 Å². The molecule has 0 radical (unpaired) electrons. The first-order valence-corrected chi connectivity index (χ1v) is 8.79. The van der Waals surface area contributed by atoms with Crippen LogP contribution in [0.4, 0.5) is 0 Å². The average Bonchev–Trinajstić information content (AvgIpc) is 3.43. The van der Waals surface area contributed by atoms with E-state index in [0.29, 0.717) is 49.3 Å². The Kier molecular flexibility index (Phi) is 4.28. The summed E-state index contributed by atoms with van der Waals surface area (Å²) in [5.41, 5.74) is 0. The van der Waals surface area contributed by atoms with Crippen LogP contribution in [-0.2, 0) is 28.5 Å². The molecule has 0 aromatic rings. The third-order valence-electron chi connectivity index (χ3n) is 5.51. The summed E-state index contributed by atoms with van der Waals surface area (Å²) in [6.45, 7) is 0.134. The highest BCUT2D eigenvalue weighted by atomic mass is 16.6. The van der Waals surface area contributed by atoms with E-state index in [1.165, 1.54) is 0 Å². The average molecular weight is 324 g/mol. The summed E-state index contributed by atoms with van der Waals surface area (Å²) >= 11 is 0. The minimum Gasteiger partial charge on any atom is -0.463 e. The fraction of sp³-hybridized carbons (Fsp3) is 0.882. The van der Waals surface area contributed by atoms with Crippen molar-refractivity contribution in [3.05, 3.63) is 0 Å². The largest absolute Gasteiger partial charge is 0.463 e. The molecule has 4 fully saturated rings.